The van der Waals surface area contributed by atoms with E-state index < -0.39 is 18.0 Å². The molecule has 1 fully saturated rings. The van der Waals surface area contributed by atoms with Gasteiger partial charge in [-0.15, -0.1) is 0 Å². The highest BCUT2D eigenvalue weighted by Crippen LogP contribution is 2.22. The first-order chi connectivity index (χ1) is 9.93. The number of carboxylic acids is 1. The lowest BCUT2D eigenvalue weighted by Crippen LogP contribution is -2.31. The van der Waals surface area contributed by atoms with E-state index in [1.165, 1.54) is 12.1 Å². The predicted molar refractivity (Wildman–Crippen MR) is 78.9 cm³/mol. The number of carbonyl (C=O) groups is 3. The highest BCUT2D eigenvalue weighted by atomic mass is 79.9. The quantitative estimate of drug-likeness (QED) is 0.794. The van der Waals surface area contributed by atoms with Gasteiger partial charge < -0.3 is 10.4 Å². The average molecular weight is 355 g/mol. The summed E-state index contributed by atoms with van der Waals surface area (Å²) >= 11 is 3.28. The minimum atomic E-state index is -1.03. The lowest BCUT2D eigenvalue weighted by atomic mass is 10.1. The number of carboxylic acid groups (broad SMARTS) is 1. The highest BCUT2D eigenvalue weighted by molar-refractivity contribution is 9.10. The molecule has 112 valence electrons. The van der Waals surface area contributed by atoms with Gasteiger partial charge in [-0.25, -0.2) is 9.59 Å². The van der Waals surface area contributed by atoms with Crippen molar-refractivity contribution in [2.45, 2.75) is 32.4 Å². The summed E-state index contributed by atoms with van der Waals surface area (Å²) in [7, 11) is 0. The zero-order valence-corrected chi connectivity index (χ0v) is 13.0. The van der Waals surface area contributed by atoms with E-state index in [0.717, 1.165) is 11.3 Å². The van der Waals surface area contributed by atoms with Crippen LogP contribution in [-0.4, -0.2) is 34.0 Å². The third-order valence-corrected chi connectivity index (χ3v) is 4.05. The number of carbonyl (C=O) groups excluding carboxylic acids is 2. The van der Waals surface area contributed by atoms with Crippen LogP contribution in [0, 0.1) is 0 Å². The molecule has 1 aromatic rings. The van der Waals surface area contributed by atoms with Gasteiger partial charge in [0.1, 0.15) is 6.04 Å². The van der Waals surface area contributed by atoms with E-state index in [2.05, 4.69) is 21.2 Å². The van der Waals surface area contributed by atoms with Crippen molar-refractivity contribution in [3.63, 3.8) is 0 Å². The number of hydrogen-bond donors (Lipinski definition) is 2. The maximum atomic E-state index is 12.1. The minimum Gasteiger partial charge on any atom is -0.478 e. The van der Waals surface area contributed by atoms with Crippen LogP contribution < -0.4 is 5.32 Å². The summed E-state index contributed by atoms with van der Waals surface area (Å²) in [6, 6.07) is 3.64. The highest BCUT2D eigenvalue weighted by Gasteiger charge is 2.37. The molecule has 1 unspecified atom stereocenters. The largest absolute Gasteiger partial charge is 0.478 e. The number of urea groups is 1. The van der Waals surface area contributed by atoms with Crippen LogP contribution in [0.3, 0.4) is 0 Å². The lowest BCUT2D eigenvalue weighted by molar-refractivity contribution is -0.128. The Kier molecular flexibility index (Phi) is 4.62. The van der Waals surface area contributed by atoms with Crippen LogP contribution in [0.2, 0.25) is 0 Å². The van der Waals surface area contributed by atoms with Crippen LogP contribution in [0.5, 0.6) is 0 Å². The number of nitrogens with one attached hydrogen (secondary N) is 1. The molecule has 0 spiro atoms. The number of hydrogen-bond acceptors (Lipinski definition) is 3. The van der Waals surface area contributed by atoms with Gasteiger partial charge in [-0.2, -0.15) is 0 Å². The van der Waals surface area contributed by atoms with Crippen LogP contribution in [0.4, 0.5) is 4.79 Å². The number of rotatable bonds is 5. The van der Waals surface area contributed by atoms with Crippen molar-refractivity contribution in [3.8, 4) is 0 Å². The van der Waals surface area contributed by atoms with Gasteiger partial charge in [0, 0.05) is 4.47 Å². The molecule has 21 heavy (non-hydrogen) atoms. The van der Waals surface area contributed by atoms with E-state index in [4.69, 9.17) is 5.11 Å². The first-order valence-corrected chi connectivity index (χ1v) is 7.37. The SMILES string of the molecule is CCCC1NC(=O)N(Cc2ccc(C(=O)O)cc2Br)C1=O. The molecule has 0 aliphatic carbocycles. The van der Waals surface area contributed by atoms with Gasteiger partial charge in [0.25, 0.3) is 5.91 Å². The van der Waals surface area contributed by atoms with Crippen molar-refractivity contribution >= 4 is 33.8 Å². The summed E-state index contributed by atoms with van der Waals surface area (Å²) in [6.45, 7) is 2.06. The van der Waals surface area contributed by atoms with Gasteiger partial charge >= 0.3 is 12.0 Å². The van der Waals surface area contributed by atoms with Gasteiger partial charge in [-0.1, -0.05) is 35.3 Å². The second-order valence-corrected chi connectivity index (χ2v) is 5.68. The van der Waals surface area contributed by atoms with E-state index in [0.29, 0.717) is 16.5 Å². The topological polar surface area (TPSA) is 86.7 Å². The second kappa shape index (κ2) is 6.26. The number of benzene rings is 1. The van der Waals surface area contributed by atoms with Gasteiger partial charge in [-0.3, -0.25) is 9.69 Å². The molecule has 0 bridgehead atoms. The van der Waals surface area contributed by atoms with Gasteiger partial charge in [0.15, 0.2) is 0 Å². The Morgan fingerprint density at radius 2 is 2.14 bits per heavy atom. The third-order valence-electron chi connectivity index (χ3n) is 3.31. The van der Waals surface area contributed by atoms with Crippen molar-refractivity contribution in [2.75, 3.05) is 0 Å². The first-order valence-electron chi connectivity index (χ1n) is 6.57. The Hall–Kier alpha value is -1.89. The lowest BCUT2D eigenvalue weighted by Gasteiger charge is -2.14. The summed E-state index contributed by atoms with van der Waals surface area (Å²) in [5, 5.41) is 11.6. The zero-order chi connectivity index (χ0) is 15.6. The van der Waals surface area contributed by atoms with E-state index in [1.807, 2.05) is 6.92 Å². The fourth-order valence-electron chi connectivity index (χ4n) is 2.19. The third kappa shape index (κ3) is 3.24. The molecule has 1 aliphatic heterocycles. The average Bonchev–Trinajstić information content (AvgIpc) is 2.68. The number of aromatic carboxylic acids is 1. The van der Waals surface area contributed by atoms with Crippen molar-refractivity contribution in [1.29, 1.82) is 0 Å². The van der Waals surface area contributed by atoms with Crippen molar-refractivity contribution in [2.24, 2.45) is 0 Å². The molecule has 2 rings (SSSR count). The Balaban J connectivity index is 2.16. The number of imide groups is 1. The van der Waals surface area contributed by atoms with Crippen LogP contribution in [0.15, 0.2) is 22.7 Å². The molecule has 0 saturated carbocycles. The predicted octanol–water partition coefficient (Wildman–Crippen LogP) is 2.37. The van der Waals surface area contributed by atoms with Crippen LogP contribution in [0.25, 0.3) is 0 Å². The summed E-state index contributed by atoms with van der Waals surface area (Å²) in [5.74, 6) is -1.27. The maximum absolute atomic E-state index is 12.1. The molecule has 1 heterocycles. The van der Waals surface area contributed by atoms with Crippen molar-refractivity contribution < 1.29 is 19.5 Å². The van der Waals surface area contributed by atoms with Crippen LogP contribution in [0.1, 0.15) is 35.7 Å². The smallest absolute Gasteiger partial charge is 0.335 e. The van der Waals surface area contributed by atoms with Crippen molar-refractivity contribution in [3.05, 3.63) is 33.8 Å². The van der Waals surface area contributed by atoms with E-state index in [9.17, 15) is 14.4 Å². The number of amides is 3. The summed E-state index contributed by atoms with van der Waals surface area (Å²) in [5.41, 5.74) is 0.826. The Morgan fingerprint density at radius 3 is 2.71 bits per heavy atom. The van der Waals surface area contributed by atoms with Gasteiger partial charge in [0.2, 0.25) is 0 Å². The molecule has 0 aromatic heterocycles. The second-order valence-electron chi connectivity index (χ2n) is 4.83. The molecule has 1 aliphatic rings. The Morgan fingerprint density at radius 1 is 1.43 bits per heavy atom. The Bertz CT molecular complexity index is 603. The molecule has 1 aromatic carbocycles. The summed E-state index contributed by atoms with van der Waals surface area (Å²) in [4.78, 5) is 36.0. The fraction of sp³-hybridized carbons (Fsp3) is 0.357. The molecular weight excluding hydrogens is 340 g/mol. The monoisotopic (exact) mass is 354 g/mol. The maximum Gasteiger partial charge on any atom is 0.335 e. The number of nitrogens with zero attached hydrogens (tertiary/aromatic N) is 1. The molecule has 1 saturated heterocycles. The van der Waals surface area contributed by atoms with Gasteiger partial charge in [-0.05, 0) is 24.1 Å². The zero-order valence-electron chi connectivity index (χ0n) is 11.4. The molecule has 7 heteroatoms. The minimum absolute atomic E-state index is 0.116. The normalized spacial score (nSPS) is 18.0. The number of halogens is 1. The molecule has 2 N–H and O–H groups in total. The Labute approximate surface area is 130 Å². The summed E-state index contributed by atoms with van der Waals surface area (Å²) in [6.07, 6.45) is 1.42. The van der Waals surface area contributed by atoms with E-state index in [1.54, 1.807) is 6.07 Å². The van der Waals surface area contributed by atoms with Gasteiger partial charge in [0.05, 0.1) is 12.1 Å². The van der Waals surface area contributed by atoms with E-state index in [-0.39, 0.29) is 18.0 Å². The van der Waals surface area contributed by atoms with Crippen LogP contribution in [-0.2, 0) is 11.3 Å². The molecule has 0 radical (unpaired) electrons. The van der Waals surface area contributed by atoms with Crippen LogP contribution >= 0.6 is 15.9 Å². The molecule has 1 atom stereocenters. The standard InChI is InChI=1S/C14H15BrN2O4/c1-2-3-11-12(18)17(14(21)16-11)7-9-5-4-8(13(19)20)6-10(9)15/h4-6,11H,2-3,7H2,1H3,(H,16,21)(H,19,20). The first kappa shape index (κ1) is 15.5. The molecule has 6 nitrogen and oxygen atoms in total. The summed E-state index contributed by atoms with van der Waals surface area (Å²) < 4.78 is 0.557. The van der Waals surface area contributed by atoms with Crippen molar-refractivity contribution in [1.82, 2.24) is 10.2 Å². The molecular formula is C14H15BrN2O4. The molecule has 3 amide bonds. The fourth-order valence-corrected chi connectivity index (χ4v) is 2.69. The van der Waals surface area contributed by atoms with E-state index >= 15 is 0 Å².